The van der Waals surface area contributed by atoms with E-state index < -0.39 is 12.6 Å². The molecular formula is C15H25FO7. The molecule has 0 fully saturated rings. The minimum atomic E-state index is -0.520. The lowest BCUT2D eigenvalue weighted by Crippen LogP contribution is -2.12. The molecule has 134 valence electrons. The zero-order valence-electron chi connectivity index (χ0n) is 13.5. The van der Waals surface area contributed by atoms with E-state index in [1.165, 1.54) is 0 Å². The fraction of sp³-hybridized carbons (Fsp3) is 0.667. The van der Waals surface area contributed by atoms with Crippen molar-refractivity contribution in [1.82, 2.24) is 0 Å². The third-order valence-electron chi connectivity index (χ3n) is 2.07. The van der Waals surface area contributed by atoms with E-state index >= 15 is 0 Å². The van der Waals surface area contributed by atoms with Crippen LogP contribution >= 0.6 is 0 Å². The van der Waals surface area contributed by atoms with Crippen LogP contribution in [0.5, 0.6) is 0 Å². The maximum Gasteiger partial charge on any atom is 0.313 e. The summed E-state index contributed by atoms with van der Waals surface area (Å²) in [5, 5.41) is 0. The quantitative estimate of drug-likeness (QED) is 0.107. The highest BCUT2D eigenvalue weighted by molar-refractivity contribution is 5.71. The van der Waals surface area contributed by atoms with Crippen LogP contribution in [0, 0.1) is 0 Å². The lowest BCUT2D eigenvalue weighted by molar-refractivity contribution is -0.292. The number of alkyl halides is 1. The monoisotopic (exact) mass is 336 g/mol. The van der Waals surface area contributed by atoms with Gasteiger partial charge >= 0.3 is 5.97 Å². The Morgan fingerprint density at radius 3 is 2.48 bits per heavy atom. The molecule has 0 aliphatic rings. The molecule has 8 heteroatoms. The fourth-order valence-corrected chi connectivity index (χ4v) is 1.13. The Kier molecular flexibility index (Phi) is 14.4. The van der Waals surface area contributed by atoms with Crippen LogP contribution in [-0.2, 0) is 33.8 Å². The molecule has 0 aromatic heterocycles. The number of carbonyl (C=O) groups excluding carboxylic acids is 1. The lowest BCUT2D eigenvalue weighted by Gasteiger charge is -2.08. The van der Waals surface area contributed by atoms with E-state index in [1.54, 1.807) is 6.92 Å². The van der Waals surface area contributed by atoms with Gasteiger partial charge in [0.2, 0.25) is 0 Å². The van der Waals surface area contributed by atoms with Gasteiger partial charge in [-0.05, 0) is 13.3 Å². The molecule has 0 unspecified atom stereocenters. The molecule has 0 heterocycles. The first-order chi connectivity index (χ1) is 11.1. The van der Waals surface area contributed by atoms with E-state index in [4.69, 9.17) is 29.0 Å². The van der Waals surface area contributed by atoms with E-state index in [1.807, 2.05) is 0 Å². The molecule has 0 saturated heterocycles. The summed E-state index contributed by atoms with van der Waals surface area (Å²) in [6, 6.07) is 0. The predicted molar refractivity (Wildman–Crippen MR) is 79.9 cm³/mol. The highest BCUT2D eigenvalue weighted by Gasteiger charge is 2.08. The van der Waals surface area contributed by atoms with Gasteiger partial charge < -0.3 is 14.4 Å². The molecule has 7 nitrogen and oxygen atoms in total. The maximum atomic E-state index is 11.7. The minimum Gasteiger partial charge on any atom is -0.463 e. The van der Waals surface area contributed by atoms with Gasteiger partial charge in [-0.25, -0.2) is 14.2 Å². The molecule has 0 spiro atoms. The number of ether oxygens (including phenoxy) is 2. The Bertz CT molecular complexity index is 347. The Hall–Kier alpha value is -1.48. The number of esters is 1. The summed E-state index contributed by atoms with van der Waals surface area (Å²) in [7, 11) is 0. The fourth-order valence-electron chi connectivity index (χ4n) is 1.13. The number of hydrogen-bond acceptors (Lipinski definition) is 7. The van der Waals surface area contributed by atoms with Gasteiger partial charge in [0, 0.05) is 6.61 Å². The SMILES string of the molecule is C=C(C)COOCCOC(=O)CC(=C)OOCCCOCCF. The number of hydrogen-bond donors (Lipinski definition) is 0. The largest absolute Gasteiger partial charge is 0.463 e. The normalized spacial score (nSPS) is 10.3. The molecular weight excluding hydrogens is 311 g/mol. The number of carbonyl (C=O) groups is 1. The first-order valence-electron chi connectivity index (χ1n) is 7.21. The van der Waals surface area contributed by atoms with Gasteiger partial charge in [0.05, 0.1) is 13.2 Å². The average molecular weight is 336 g/mol. The van der Waals surface area contributed by atoms with Gasteiger partial charge in [-0.3, -0.25) is 4.79 Å². The van der Waals surface area contributed by atoms with E-state index in [9.17, 15) is 9.18 Å². The van der Waals surface area contributed by atoms with Crippen LogP contribution in [0.15, 0.2) is 24.5 Å². The first kappa shape index (κ1) is 21.5. The van der Waals surface area contributed by atoms with Crippen LogP contribution in [-0.4, -0.2) is 52.3 Å². The summed E-state index contributed by atoms with van der Waals surface area (Å²) in [5.74, 6) is -0.396. The highest BCUT2D eigenvalue weighted by atomic mass is 19.1. The van der Waals surface area contributed by atoms with Crippen LogP contribution < -0.4 is 0 Å². The van der Waals surface area contributed by atoms with E-state index in [0.717, 1.165) is 5.57 Å². The van der Waals surface area contributed by atoms with E-state index in [-0.39, 0.29) is 45.2 Å². The van der Waals surface area contributed by atoms with Gasteiger partial charge in [0.1, 0.15) is 38.7 Å². The highest BCUT2D eigenvalue weighted by Crippen LogP contribution is 2.03. The molecule has 0 bridgehead atoms. The topological polar surface area (TPSA) is 72.5 Å². The van der Waals surface area contributed by atoms with Crippen molar-refractivity contribution in [2.75, 3.05) is 46.3 Å². The average Bonchev–Trinajstić information content (AvgIpc) is 2.49. The van der Waals surface area contributed by atoms with Gasteiger partial charge in [0.25, 0.3) is 0 Å². The van der Waals surface area contributed by atoms with Crippen molar-refractivity contribution in [3.05, 3.63) is 24.5 Å². The zero-order chi connectivity index (χ0) is 17.3. The molecule has 0 aromatic rings. The van der Waals surface area contributed by atoms with Crippen molar-refractivity contribution < 1.29 is 38.2 Å². The summed E-state index contributed by atoms with van der Waals surface area (Å²) in [6.07, 6.45) is 0.407. The van der Waals surface area contributed by atoms with Gasteiger partial charge in [-0.15, -0.1) is 0 Å². The van der Waals surface area contributed by atoms with Crippen molar-refractivity contribution in [3.63, 3.8) is 0 Å². The summed E-state index contributed by atoms with van der Waals surface area (Å²) in [4.78, 5) is 30.6. The minimum absolute atomic E-state index is 0.0507. The maximum absolute atomic E-state index is 11.7. The van der Waals surface area contributed by atoms with Crippen LogP contribution in [0.25, 0.3) is 0 Å². The second-order valence-corrected chi connectivity index (χ2v) is 4.54. The Morgan fingerprint density at radius 1 is 1.00 bits per heavy atom. The van der Waals surface area contributed by atoms with Crippen LogP contribution in [0.3, 0.4) is 0 Å². The predicted octanol–water partition coefficient (Wildman–Crippen LogP) is 2.28. The number of rotatable bonds is 16. The van der Waals surface area contributed by atoms with E-state index in [2.05, 4.69) is 13.2 Å². The van der Waals surface area contributed by atoms with Crippen LogP contribution in [0.4, 0.5) is 4.39 Å². The third kappa shape index (κ3) is 16.7. The molecule has 0 aliphatic carbocycles. The standard InChI is InChI=1S/C15H25FO7/c1-13(2)12-22-20-10-9-19-15(17)11-14(3)23-21-7-4-6-18-8-5-16/h1,3-12H2,2H3. The molecule has 0 rings (SSSR count). The van der Waals surface area contributed by atoms with Crippen molar-refractivity contribution in [3.8, 4) is 0 Å². The van der Waals surface area contributed by atoms with Crippen molar-refractivity contribution in [2.24, 2.45) is 0 Å². The summed E-state index contributed by atoms with van der Waals surface area (Å²) >= 11 is 0. The van der Waals surface area contributed by atoms with Gasteiger partial charge in [-0.1, -0.05) is 18.7 Å². The van der Waals surface area contributed by atoms with Gasteiger partial charge in [0.15, 0.2) is 0 Å². The van der Waals surface area contributed by atoms with Crippen molar-refractivity contribution >= 4 is 5.97 Å². The smallest absolute Gasteiger partial charge is 0.313 e. The zero-order valence-corrected chi connectivity index (χ0v) is 13.5. The third-order valence-corrected chi connectivity index (χ3v) is 2.07. The van der Waals surface area contributed by atoms with Crippen LogP contribution in [0.2, 0.25) is 0 Å². The Balaban J connectivity index is 3.41. The summed E-state index contributed by atoms with van der Waals surface area (Å²) < 4.78 is 21.5. The van der Waals surface area contributed by atoms with Gasteiger partial charge in [-0.2, -0.15) is 4.89 Å². The molecule has 0 atom stereocenters. The Labute approximate surface area is 135 Å². The number of halogens is 1. The molecule has 0 N–H and O–H groups in total. The second kappa shape index (κ2) is 15.4. The molecule has 0 saturated carbocycles. The summed E-state index contributed by atoms with van der Waals surface area (Å²) in [6.45, 7) is 9.58. The summed E-state index contributed by atoms with van der Waals surface area (Å²) in [5.41, 5.74) is 0.824. The van der Waals surface area contributed by atoms with Crippen molar-refractivity contribution in [1.29, 1.82) is 0 Å². The van der Waals surface area contributed by atoms with E-state index in [0.29, 0.717) is 13.0 Å². The molecule has 0 aliphatic heterocycles. The molecule has 0 radical (unpaired) electrons. The Morgan fingerprint density at radius 2 is 1.78 bits per heavy atom. The first-order valence-corrected chi connectivity index (χ1v) is 7.21. The second-order valence-electron chi connectivity index (χ2n) is 4.54. The lowest BCUT2D eigenvalue weighted by atomic mass is 10.4. The molecule has 0 amide bonds. The molecule has 23 heavy (non-hydrogen) atoms. The molecule has 0 aromatic carbocycles. The van der Waals surface area contributed by atoms with Crippen molar-refractivity contribution in [2.45, 2.75) is 19.8 Å². The van der Waals surface area contributed by atoms with Crippen LogP contribution in [0.1, 0.15) is 19.8 Å².